The first-order valence-electron chi connectivity index (χ1n) is 8.45. The van der Waals surface area contributed by atoms with Gasteiger partial charge in [-0.15, -0.1) is 0 Å². The zero-order valence-electron chi connectivity index (χ0n) is 15.1. The molecule has 3 rings (SSSR count). The predicted molar refractivity (Wildman–Crippen MR) is 101 cm³/mol. The number of hydrogen-bond acceptors (Lipinski definition) is 3. The summed E-state index contributed by atoms with van der Waals surface area (Å²) >= 11 is 0. The standard InChI is InChI=1S/C21H21N3O2/c1-14-19(15(2)24(3)23-14)20(25)21(26)22-18-12-8-7-11-17(18)13-16-9-5-4-6-10-16/h4-12H,13H2,1-3H3,(H,22,26). The number of carbonyl (C=O) groups excluding carboxylic acids is 2. The van der Waals surface area contributed by atoms with Crippen LogP contribution in [0.3, 0.4) is 0 Å². The molecular weight excluding hydrogens is 326 g/mol. The van der Waals surface area contributed by atoms with Crippen LogP contribution in [0.25, 0.3) is 0 Å². The Kier molecular flexibility index (Phi) is 4.98. The van der Waals surface area contributed by atoms with E-state index in [1.807, 2.05) is 54.6 Å². The lowest BCUT2D eigenvalue weighted by molar-refractivity contribution is -0.112. The van der Waals surface area contributed by atoms with Crippen molar-refractivity contribution in [3.8, 4) is 0 Å². The number of para-hydroxylation sites is 1. The highest BCUT2D eigenvalue weighted by atomic mass is 16.2. The molecule has 0 aliphatic carbocycles. The Bertz CT molecular complexity index is 959. The monoisotopic (exact) mass is 347 g/mol. The fourth-order valence-corrected chi connectivity index (χ4v) is 3.01. The third kappa shape index (κ3) is 3.57. The molecule has 0 aliphatic rings. The number of nitrogens with zero attached hydrogens (tertiary/aromatic N) is 2. The average Bonchev–Trinajstić information content (AvgIpc) is 2.89. The Hall–Kier alpha value is -3.21. The lowest BCUT2D eigenvalue weighted by Gasteiger charge is -2.11. The molecule has 0 radical (unpaired) electrons. The maximum atomic E-state index is 12.6. The molecule has 1 N–H and O–H groups in total. The average molecular weight is 347 g/mol. The Morgan fingerprint density at radius 1 is 1.00 bits per heavy atom. The molecule has 5 nitrogen and oxygen atoms in total. The summed E-state index contributed by atoms with van der Waals surface area (Å²) in [5, 5.41) is 6.98. The lowest BCUT2D eigenvalue weighted by Crippen LogP contribution is -2.24. The lowest BCUT2D eigenvalue weighted by atomic mass is 10.0. The summed E-state index contributed by atoms with van der Waals surface area (Å²) in [5.74, 6) is -1.22. The molecule has 2 aromatic carbocycles. The Balaban J connectivity index is 1.83. The van der Waals surface area contributed by atoms with E-state index in [9.17, 15) is 9.59 Å². The quantitative estimate of drug-likeness (QED) is 0.568. The Morgan fingerprint density at radius 3 is 2.31 bits per heavy atom. The normalized spacial score (nSPS) is 10.6. The van der Waals surface area contributed by atoms with E-state index in [4.69, 9.17) is 0 Å². The van der Waals surface area contributed by atoms with E-state index in [1.165, 1.54) is 0 Å². The Labute approximate surface area is 152 Å². The second kappa shape index (κ2) is 7.35. The highest BCUT2D eigenvalue weighted by Crippen LogP contribution is 2.20. The highest BCUT2D eigenvalue weighted by molar-refractivity contribution is 6.47. The van der Waals surface area contributed by atoms with E-state index in [-0.39, 0.29) is 0 Å². The van der Waals surface area contributed by atoms with Crippen molar-refractivity contribution in [1.82, 2.24) is 9.78 Å². The molecule has 3 aromatic rings. The number of anilines is 1. The van der Waals surface area contributed by atoms with Crippen LogP contribution in [0.2, 0.25) is 0 Å². The van der Waals surface area contributed by atoms with Crippen LogP contribution in [0.1, 0.15) is 32.9 Å². The van der Waals surface area contributed by atoms with Gasteiger partial charge in [-0.25, -0.2) is 0 Å². The summed E-state index contributed by atoms with van der Waals surface area (Å²) in [4.78, 5) is 25.1. The number of amides is 1. The van der Waals surface area contributed by atoms with Crippen molar-refractivity contribution < 1.29 is 9.59 Å². The number of aryl methyl sites for hydroxylation is 2. The Morgan fingerprint density at radius 2 is 1.65 bits per heavy atom. The maximum absolute atomic E-state index is 12.6. The molecule has 0 atom stereocenters. The fraction of sp³-hybridized carbons (Fsp3) is 0.190. The number of carbonyl (C=O) groups is 2. The number of benzene rings is 2. The first-order chi connectivity index (χ1) is 12.5. The van der Waals surface area contributed by atoms with Crippen molar-refractivity contribution >= 4 is 17.4 Å². The van der Waals surface area contributed by atoms with Crippen LogP contribution in [0, 0.1) is 13.8 Å². The molecule has 0 saturated heterocycles. The summed E-state index contributed by atoms with van der Waals surface area (Å²) in [5.41, 5.74) is 4.35. The van der Waals surface area contributed by atoms with Gasteiger partial charge in [0.15, 0.2) is 0 Å². The third-order valence-electron chi connectivity index (χ3n) is 4.45. The van der Waals surface area contributed by atoms with Crippen LogP contribution in [0.4, 0.5) is 5.69 Å². The molecule has 26 heavy (non-hydrogen) atoms. The highest BCUT2D eigenvalue weighted by Gasteiger charge is 2.24. The number of ketones is 1. The van der Waals surface area contributed by atoms with Gasteiger partial charge < -0.3 is 5.32 Å². The number of Topliss-reactive ketones (excluding diaryl/α,β-unsaturated/α-hetero) is 1. The molecule has 132 valence electrons. The molecule has 5 heteroatoms. The SMILES string of the molecule is Cc1nn(C)c(C)c1C(=O)C(=O)Nc1ccccc1Cc1ccccc1. The molecule has 0 spiro atoms. The van der Waals surface area contributed by atoms with Crippen molar-refractivity contribution in [2.24, 2.45) is 7.05 Å². The van der Waals surface area contributed by atoms with Gasteiger partial charge in [0.2, 0.25) is 0 Å². The summed E-state index contributed by atoms with van der Waals surface area (Å²) in [7, 11) is 1.76. The molecule has 1 amide bonds. The zero-order valence-corrected chi connectivity index (χ0v) is 15.1. The van der Waals surface area contributed by atoms with E-state index in [0.29, 0.717) is 29.1 Å². The van der Waals surface area contributed by atoms with Gasteiger partial charge in [0, 0.05) is 18.4 Å². The third-order valence-corrected chi connectivity index (χ3v) is 4.45. The topological polar surface area (TPSA) is 64.0 Å². The molecule has 0 saturated carbocycles. The van der Waals surface area contributed by atoms with Crippen molar-refractivity contribution in [1.29, 1.82) is 0 Å². The first kappa shape index (κ1) is 17.6. The number of hydrogen-bond donors (Lipinski definition) is 1. The van der Waals surface area contributed by atoms with E-state index in [0.717, 1.165) is 11.1 Å². The van der Waals surface area contributed by atoms with Crippen LogP contribution < -0.4 is 5.32 Å². The van der Waals surface area contributed by atoms with Gasteiger partial charge in [0.1, 0.15) is 0 Å². The van der Waals surface area contributed by atoms with Gasteiger partial charge in [0.25, 0.3) is 11.7 Å². The first-order valence-corrected chi connectivity index (χ1v) is 8.45. The van der Waals surface area contributed by atoms with Gasteiger partial charge in [0.05, 0.1) is 11.3 Å². The van der Waals surface area contributed by atoms with E-state index in [2.05, 4.69) is 10.4 Å². The molecule has 1 heterocycles. The smallest absolute Gasteiger partial charge is 0.296 e. The molecule has 0 aliphatic heterocycles. The summed E-state index contributed by atoms with van der Waals surface area (Å²) in [6.45, 7) is 3.51. The largest absolute Gasteiger partial charge is 0.319 e. The molecule has 1 aromatic heterocycles. The minimum absolute atomic E-state index is 0.366. The number of aromatic nitrogens is 2. The fourth-order valence-electron chi connectivity index (χ4n) is 3.01. The van der Waals surface area contributed by atoms with Gasteiger partial charge >= 0.3 is 0 Å². The number of nitrogens with one attached hydrogen (secondary N) is 1. The van der Waals surface area contributed by atoms with Crippen LogP contribution in [-0.4, -0.2) is 21.5 Å². The van der Waals surface area contributed by atoms with Gasteiger partial charge in [-0.1, -0.05) is 48.5 Å². The van der Waals surface area contributed by atoms with Crippen molar-refractivity contribution in [3.63, 3.8) is 0 Å². The summed E-state index contributed by atoms with van der Waals surface area (Å²) in [6.07, 6.45) is 0.677. The minimum atomic E-state index is -0.648. The minimum Gasteiger partial charge on any atom is -0.319 e. The van der Waals surface area contributed by atoms with Gasteiger partial charge in [-0.3, -0.25) is 14.3 Å². The molecule has 0 unspecified atom stereocenters. The second-order valence-corrected chi connectivity index (χ2v) is 6.27. The maximum Gasteiger partial charge on any atom is 0.296 e. The molecule has 0 fully saturated rings. The van der Waals surface area contributed by atoms with Gasteiger partial charge in [-0.05, 0) is 37.5 Å². The van der Waals surface area contributed by atoms with Crippen LogP contribution in [-0.2, 0) is 18.3 Å². The van der Waals surface area contributed by atoms with E-state index < -0.39 is 11.7 Å². The van der Waals surface area contributed by atoms with E-state index >= 15 is 0 Å². The van der Waals surface area contributed by atoms with Crippen molar-refractivity contribution in [3.05, 3.63) is 82.7 Å². The van der Waals surface area contributed by atoms with Crippen molar-refractivity contribution in [2.75, 3.05) is 5.32 Å². The van der Waals surface area contributed by atoms with Crippen LogP contribution in [0.5, 0.6) is 0 Å². The van der Waals surface area contributed by atoms with Crippen molar-refractivity contribution in [2.45, 2.75) is 20.3 Å². The zero-order chi connectivity index (χ0) is 18.7. The summed E-state index contributed by atoms with van der Waals surface area (Å²) in [6, 6.07) is 17.5. The summed E-state index contributed by atoms with van der Waals surface area (Å²) < 4.78 is 1.61. The van der Waals surface area contributed by atoms with E-state index in [1.54, 1.807) is 25.6 Å². The molecular formula is C21H21N3O2. The van der Waals surface area contributed by atoms with Crippen LogP contribution >= 0.6 is 0 Å². The molecule has 0 bridgehead atoms. The second-order valence-electron chi connectivity index (χ2n) is 6.27. The van der Waals surface area contributed by atoms with Gasteiger partial charge in [-0.2, -0.15) is 5.10 Å². The number of rotatable bonds is 5. The van der Waals surface area contributed by atoms with Crippen LogP contribution in [0.15, 0.2) is 54.6 Å². The predicted octanol–water partition coefficient (Wildman–Crippen LogP) is 3.45.